The number of likely N-dealkylation sites (tertiary alicyclic amines) is 1. The molecule has 1 unspecified atom stereocenters. The SMILES string of the molecule is CCn1cc(NC2CCN(C)C2)ccc1=O. The van der Waals surface area contributed by atoms with E-state index >= 15 is 0 Å². The maximum absolute atomic E-state index is 11.4. The van der Waals surface area contributed by atoms with Crippen LogP contribution < -0.4 is 10.9 Å². The third kappa shape index (κ3) is 2.44. The minimum Gasteiger partial charge on any atom is -0.380 e. The van der Waals surface area contributed by atoms with Crippen LogP contribution in [0.4, 0.5) is 5.69 Å². The first-order chi connectivity index (χ1) is 7.69. The average molecular weight is 221 g/mol. The van der Waals surface area contributed by atoms with Crippen LogP contribution in [-0.4, -0.2) is 35.6 Å². The molecule has 1 aliphatic rings. The molecule has 1 saturated heterocycles. The fourth-order valence-corrected chi connectivity index (χ4v) is 2.15. The van der Waals surface area contributed by atoms with E-state index in [2.05, 4.69) is 17.3 Å². The largest absolute Gasteiger partial charge is 0.380 e. The van der Waals surface area contributed by atoms with Crippen molar-refractivity contribution in [1.82, 2.24) is 9.47 Å². The minimum absolute atomic E-state index is 0.0663. The van der Waals surface area contributed by atoms with Crippen LogP contribution in [0.3, 0.4) is 0 Å². The number of aromatic nitrogens is 1. The highest BCUT2D eigenvalue weighted by molar-refractivity contribution is 5.41. The molecule has 2 rings (SSSR count). The summed E-state index contributed by atoms with van der Waals surface area (Å²) in [6, 6.07) is 4.00. The Labute approximate surface area is 95.9 Å². The molecule has 0 aromatic carbocycles. The second-order valence-corrected chi connectivity index (χ2v) is 4.43. The topological polar surface area (TPSA) is 37.3 Å². The third-order valence-corrected chi connectivity index (χ3v) is 3.09. The molecule has 2 heterocycles. The van der Waals surface area contributed by atoms with Crippen molar-refractivity contribution in [3.05, 3.63) is 28.7 Å². The summed E-state index contributed by atoms with van der Waals surface area (Å²) < 4.78 is 1.72. The van der Waals surface area contributed by atoms with Crippen molar-refractivity contribution < 1.29 is 0 Å². The summed E-state index contributed by atoms with van der Waals surface area (Å²) >= 11 is 0. The van der Waals surface area contributed by atoms with Gasteiger partial charge in [0, 0.05) is 31.4 Å². The van der Waals surface area contributed by atoms with Crippen LogP contribution in [0.1, 0.15) is 13.3 Å². The molecule has 0 spiro atoms. The van der Waals surface area contributed by atoms with Gasteiger partial charge >= 0.3 is 0 Å². The van der Waals surface area contributed by atoms with Crippen molar-refractivity contribution in [1.29, 1.82) is 0 Å². The first-order valence-corrected chi connectivity index (χ1v) is 5.84. The van der Waals surface area contributed by atoms with Crippen molar-refractivity contribution in [3.63, 3.8) is 0 Å². The standard InChI is InChI=1S/C12H19N3O/c1-3-15-9-10(4-5-12(15)16)13-11-6-7-14(2)8-11/h4-5,9,11,13H,3,6-8H2,1-2H3. The normalized spacial score (nSPS) is 21.2. The van der Waals surface area contributed by atoms with Gasteiger partial charge in [-0.25, -0.2) is 0 Å². The van der Waals surface area contributed by atoms with E-state index in [1.807, 2.05) is 19.2 Å². The highest BCUT2D eigenvalue weighted by Gasteiger charge is 2.18. The van der Waals surface area contributed by atoms with E-state index in [-0.39, 0.29) is 5.56 Å². The first kappa shape index (κ1) is 11.2. The lowest BCUT2D eigenvalue weighted by Gasteiger charge is -2.15. The lowest BCUT2D eigenvalue weighted by Crippen LogP contribution is -2.25. The zero-order chi connectivity index (χ0) is 11.5. The Morgan fingerprint density at radius 1 is 1.50 bits per heavy atom. The Bertz CT molecular complexity index is 413. The zero-order valence-electron chi connectivity index (χ0n) is 9.94. The summed E-state index contributed by atoms with van der Waals surface area (Å²) in [7, 11) is 2.13. The Morgan fingerprint density at radius 2 is 2.31 bits per heavy atom. The van der Waals surface area contributed by atoms with Crippen molar-refractivity contribution in [2.45, 2.75) is 25.9 Å². The summed E-state index contributed by atoms with van der Waals surface area (Å²) in [6.45, 7) is 4.92. The molecule has 16 heavy (non-hydrogen) atoms. The molecule has 88 valence electrons. The fraction of sp³-hybridized carbons (Fsp3) is 0.583. The molecule has 0 aliphatic carbocycles. The number of hydrogen-bond donors (Lipinski definition) is 1. The maximum atomic E-state index is 11.4. The lowest BCUT2D eigenvalue weighted by atomic mass is 10.2. The number of pyridine rings is 1. The summed E-state index contributed by atoms with van der Waals surface area (Å²) in [4.78, 5) is 13.7. The fourth-order valence-electron chi connectivity index (χ4n) is 2.15. The minimum atomic E-state index is 0.0663. The van der Waals surface area contributed by atoms with E-state index in [9.17, 15) is 4.79 Å². The Hall–Kier alpha value is -1.29. The van der Waals surface area contributed by atoms with Gasteiger partial charge < -0.3 is 14.8 Å². The number of likely N-dealkylation sites (N-methyl/N-ethyl adjacent to an activating group) is 1. The molecular weight excluding hydrogens is 202 g/mol. The molecule has 0 bridgehead atoms. The number of nitrogens with zero attached hydrogens (tertiary/aromatic N) is 2. The number of hydrogen-bond acceptors (Lipinski definition) is 3. The maximum Gasteiger partial charge on any atom is 0.250 e. The van der Waals surface area contributed by atoms with Gasteiger partial charge in [-0.15, -0.1) is 0 Å². The van der Waals surface area contributed by atoms with Gasteiger partial charge in [0.1, 0.15) is 0 Å². The van der Waals surface area contributed by atoms with Gasteiger partial charge in [0.15, 0.2) is 0 Å². The van der Waals surface area contributed by atoms with Crippen molar-refractivity contribution in [2.24, 2.45) is 0 Å². The van der Waals surface area contributed by atoms with Crippen molar-refractivity contribution in [3.8, 4) is 0 Å². The van der Waals surface area contributed by atoms with Crippen LogP contribution in [0.5, 0.6) is 0 Å². The van der Waals surface area contributed by atoms with Gasteiger partial charge in [-0.2, -0.15) is 0 Å². The molecule has 1 fully saturated rings. The predicted molar refractivity (Wildman–Crippen MR) is 65.9 cm³/mol. The second-order valence-electron chi connectivity index (χ2n) is 4.43. The molecule has 0 amide bonds. The second kappa shape index (κ2) is 4.70. The third-order valence-electron chi connectivity index (χ3n) is 3.09. The van der Waals surface area contributed by atoms with Gasteiger partial charge in [0.2, 0.25) is 0 Å². The van der Waals surface area contributed by atoms with Crippen molar-refractivity contribution >= 4 is 5.69 Å². The quantitative estimate of drug-likeness (QED) is 0.827. The number of rotatable bonds is 3. The molecule has 4 heteroatoms. The Balaban J connectivity index is 2.07. The van der Waals surface area contributed by atoms with Gasteiger partial charge in [0.25, 0.3) is 5.56 Å². The molecule has 1 atom stereocenters. The zero-order valence-corrected chi connectivity index (χ0v) is 9.94. The lowest BCUT2D eigenvalue weighted by molar-refractivity contribution is 0.414. The van der Waals surface area contributed by atoms with Crippen LogP contribution in [-0.2, 0) is 6.54 Å². The van der Waals surface area contributed by atoms with Crippen LogP contribution in [0.2, 0.25) is 0 Å². The van der Waals surface area contributed by atoms with E-state index < -0.39 is 0 Å². The Kier molecular flexibility index (Phi) is 3.29. The predicted octanol–water partition coefficient (Wildman–Crippen LogP) is 0.984. The summed E-state index contributed by atoms with van der Waals surface area (Å²) in [6.07, 6.45) is 3.07. The van der Waals surface area contributed by atoms with Crippen LogP contribution >= 0.6 is 0 Å². The van der Waals surface area contributed by atoms with E-state index in [1.54, 1.807) is 10.6 Å². The highest BCUT2D eigenvalue weighted by Crippen LogP contribution is 2.13. The Morgan fingerprint density at radius 3 is 2.94 bits per heavy atom. The van der Waals surface area contributed by atoms with Gasteiger partial charge in [0.05, 0.1) is 5.69 Å². The van der Waals surface area contributed by atoms with Gasteiger partial charge in [-0.05, 0) is 33.0 Å². The molecule has 1 aromatic rings. The summed E-state index contributed by atoms with van der Waals surface area (Å²) in [5.41, 5.74) is 1.11. The van der Waals surface area contributed by atoms with Gasteiger partial charge in [-0.3, -0.25) is 4.79 Å². The molecule has 0 saturated carbocycles. The molecule has 0 radical (unpaired) electrons. The number of nitrogens with one attached hydrogen (secondary N) is 1. The van der Waals surface area contributed by atoms with Crippen LogP contribution in [0, 0.1) is 0 Å². The molecular formula is C12H19N3O. The number of aryl methyl sites for hydroxylation is 1. The monoisotopic (exact) mass is 221 g/mol. The average Bonchev–Trinajstić information content (AvgIpc) is 2.67. The highest BCUT2D eigenvalue weighted by atomic mass is 16.1. The molecule has 1 aliphatic heterocycles. The van der Waals surface area contributed by atoms with E-state index in [0.717, 1.165) is 25.3 Å². The summed E-state index contributed by atoms with van der Waals surface area (Å²) in [5.74, 6) is 0. The molecule has 4 nitrogen and oxygen atoms in total. The molecule has 1 aromatic heterocycles. The molecule has 1 N–H and O–H groups in total. The van der Waals surface area contributed by atoms with Crippen molar-refractivity contribution in [2.75, 3.05) is 25.5 Å². The van der Waals surface area contributed by atoms with E-state index in [1.165, 1.54) is 6.42 Å². The van der Waals surface area contributed by atoms with E-state index in [0.29, 0.717) is 6.04 Å². The van der Waals surface area contributed by atoms with Gasteiger partial charge in [-0.1, -0.05) is 0 Å². The first-order valence-electron chi connectivity index (χ1n) is 5.84. The van der Waals surface area contributed by atoms with Crippen LogP contribution in [0.15, 0.2) is 23.1 Å². The number of anilines is 1. The smallest absolute Gasteiger partial charge is 0.250 e. The van der Waals surface area contributed by atoms with E-state index in [4.69, 9.17) is 0 Å². The van der Waals surface area contributed by atoms with Crippen LogP contribution in [0.25, 0.3) is 0 Å². The summed E-state index contributed by atoms with van der Waals surface area (Å²) in [5, 5.41) is 3.47.